The topological polar surface area (TPSA) is 47.5 Å². The number of nitrogens with zero attached hydrogens (tertiary/aromatic N) is 5. The van der Waals surface area contributed by atoms with Crippen molar-refractivity contribution in [2.75, 3.05) is 0 Å². The Kier molecular flexibility index (Phi) is 4.53. The number of benzene rings is 2. The first-order valence-electron chi connectivity index (χ1n) is 9.26. The van der Waals surface area contributed by atoms with Crippen LogP contribution in [0.15, 0.2) is 66.1 Å². The van der Waals surface area contributed by atoms with E-state index in [1.807, 2.05) is 39.5 Å². The predicted molar refractivity (Wildman–Crippen MR) is 118 cm³/mol. The van der Waals surface area contributed by atoms with E-state index in [2.05, 4.69) is 54.4 Å². The molecule has 2 aromatic carbocycles. The Hall–Kier alpha value is -2.83. The van der Waals surface area contributed by atoms with Gasteiger partial charge in [-0.05, 0) is 54.8 Å². The van der Waals surface area contributed by atoms with Crippen LogP contribution in [0.25, 0.3) is 22.4 Å². The van der Waals surface area contributed by atoms with E-state index in [4.69, 9.17) is 16.7 Å². The van der Waals surface area contributed by atoms with Crippen LogP contribution in [-0.4, -0.2) is 24.2 Å². The average molecular weight is 420 g/mol. The van der Waals surface area contributed by atoms with Gasteiger partial charge < -0.3 is 0 Å². The highest BCUT2D eigenvalue weighted by Gasteiger charge is 2.13. The maximum absolute atomic E-state index is 6.08. The monoisotopic (exact) mass is 419 g/mol. The summed E-state index contributed by atoms with van der Waals surface area (Å²) < 4.78 is 3.87. The van der Waals surface area contributed by atoms with Crippen LogP contribution in [0.4, 0.5) is 0 Å². The molecule has 0 unspecified atom stereocenters. The van der Waals surface area contributed by atoms with Crippen LogP contribution >= 0.6 is 23.4 Å². The highest BCUT2D eigenvalue weighted by Crippen LogP contribution is 2.27. The smallest absolute Gasteiger partial charge is 0.196 e. The van der Waals surface area contributed by atoms with E-state index in [1.165, 1.54) is 11.1 Å². The molecule has 0 aliphatic carbocycles. The summed E-state index contributed by atoms with van der Waals surface area (Å²) in [5.41, 5.74) is 7.45. The highest BCUT2D eigenvalue weighted by atomic mass is 35.5. The second-order valence-corrected chi connectivity index (χ2v) is 8.43. The number of rotatable bonds is 4. The lowest BCUT2D eigenvalue weighted by atomic mass is 10.0. The number of fused-ring (bicyclic) bond motifs is 3. The Balaban J connectivity index is 1.50. The molecule has 0 amide bonds. The molecule has 0 fully saturated rings. The number of halogens is 1. The minimum Gasteiger partial charge on any atom is -0.274 e. The number of aryl methyl sites for hydroxylation is 2. The Morgan fingerprint density at radius 2 is 1.86 bits per heavy atom. The summed E-state index contributed by atoms with van der Waals surface area (Å²) >= 11 is 7.72. The van der Waals surface area contributed by atoms with Crippen LogP contribution in [0.1, 0.15) is 16.7 Å². The first kappa shape index (κ1) is 18.2. The molecule has 0 radical (unpaired) electrons. The lowest BCUT2D eigenvalue weighted by molar-refractivity contribution is 0.895. The van der Waals surface area contributed by atoms with Crippen molar-refractivity contribution >= 4 is 34.5 Å². The second kappa shape index (κ2) is 7.21. The van der Waals surface area contributed by atoms with Gasteiger partial charge in [-0.15, -0.1) is 10.2 Å². The lowest BCUT2D eigenvalue weighted by Gasteiger charge is -2.02. The van der Waals surface area contributed by atoms with Crippen molar-refractivity contribution in [2.45, 2.75) is 24.8 Å². The van der Waals surface area contributed by atoms with Gasteiger partial charge in [0, 0.05) is 28.7 Å². The summed E-state index contributed by atoms with van der Waals surface area (Å²) in [7, 11) is 0. The second-order valence-electron chi connectivity index (χ2n) is 7.05. The Morgan fingerprint density at radius 1 is 0.966 bits per heavy atom. The van der Waals surface area contributed by atoms with E-state index in [9.17, 15) is 0 Å². The van der Waals surface area contributed by atoms with Crippen LogP contribution < -0.4 is 0 Å². The molecule has 7 heteroatoms. The highest BCUT2D eigenvalue weighted by molar-refractivity contribution is 7.98. The largest absolute Gasteiger partial charge is 0.274 e. The molecule has 0 aliphatic rings. The zero-order chi connectivity index (χ0) is 20.0. The van der Waals surface area contributed by atoms with Crippen molar-refractivity contribution in [1.29, 1.82) is 0 Å². The molecule has 0 bridgehead atoms. The fourth-order valence-corrected chi connectivity index (χ4v) is 4.38. The van der Waals surface area contributed by atoms with Gasteiger partial charge in [-0.2, -0.15) is 5.10 Å². The van der Waals surface area contributed by atoms with E-state index < -0.39 is 0 Å². The van der Waals surface area contributed by atoms with Gasteiger partial charge in [-0.25, -0.2) is 4.52 Å². The molecule has 0 aliphatic heterocycles. The quantitative estimate of drug-likeness (QED) is 0.355. The minimum atomic E-state index is 0.744. The van der Waals surface area contributed by atoms with E-state index >= 15 is 0 Å². The van der Waals surface area contributed by atoms with Crippen molar-refractivity contribution in [3.63, 3.8) is 0 Å². The molecule has 0 saturated heterocycles. The van der Waals surface area contributed by atoms with E-state index in [0.717, 1.165) is 43.9 Å². The third kappa shape index (κ3) is 3.39. The third-order valence-corrected chi connectivity index (χ3v) is 6.30. The molecule has 5 aromatic rings. The van der Waals surface area contributed by atoms with Gasteiger partial charge in [0.2, 0.25) is 0 Å². The Labute approximate surface area is 177 Å². The van der Waals surface area contributed by atoms with Gasteiger partial charge >= 0.3 is 0 Å². The zero-order valence-corrected chi connectivity index (χ0v) is 17.6. The van der Waals surface area contributed by atoms with Crippen molar-refractivity contribution < 1.29 is 0 Å². The lowest BCUT2D eigenvalue weighted by Crippen LogP contribution is -1.94. The first-order valence-corrected chi connectivity index (χ1v) is 10.6. The van der Waals surface area contributed by atoms with Crippen LogP contribution in [0.3, 0.4) is 0 Å². The molecular weight excluding hydrogens is 402 g/mol. The summed E-state index contributed by atoms with van der Waals surface area (Å²) in [6.45, 7) is 4.24. The van der Waals surface area contributed by atoms with E-state index in [-0.39, 0.29) is 0 Å². The minimum absolute atomic E-state index is 0.744. The molecule has 144 valence electrons. The van der Waals surface area contributed by atoms with E-state index in [0.29, 0.717) is 0 Å². The SMILES string of the molecule is Cc1ccc(-c2cc3c4nnc(SCc5cccc(Cl)c5)n4ccn3n2)cc1C. The van der Waals surface area contributed by atoms with E-state index in [1.54, 1.807) is 11.8 Å². The van der Waals surface area contributed by atoms with Gasteiger partial charge in [0.1, 0.15) is 5.52 Å². The van der Waals surface area contributed by atoms with Crippen LogP contribution in [0, 0.1) is 13.8 Å². The molecule has 3 heterocycles. The standard InChI is InChI=1S/C22H18ClN5S/c1-14-6-7-17(10-15(14)2)19-12-20-21-24-25-22(27(21)8-9-28(20)26-19)29-13-16-4-3-5-18(23)11-16/h3-12H,13H2,1-2H3. The normalized spacial score (nSPS) is 11.6. The Morgan fingerprint density at radius 3 is 2.69 bits per heavy atom. The summed E-state index contributed by atoms with van der Waals surface area (Å²) in [5, 5.41) is 15.1. The van der Waals surface area contributed by atoms with Gasteiger partial charge in [0.25, 0.3) is 0 Å². The average Bonchev–Trinajstić information content (AvgIpc) is 3.32. The molecule has 3 aromatic heterocycles. The molecule has 0 saturated carbocycles. The summed E-state index contributed by atoms with van der Waals surface area (Å²) in [6.07, 6.45) is 3.90. The van der Waals surface area contributed by atoms with Crippen molar-refractivity contribution in [3.8, 4) is 11.3 Å². The molecule has 5 rings (SSSR count). The van der Waals surface area contributed by atoms with Crippen LogP contribution in [-0.2, 0) is 5.75 Å². The van der Waals surface area contributed by atoms with Gasteiger partial charge in [0.05, 0.1) is 5.69 Å². The fourth-order valence-electron chi connectivity index (χ4n) is 3.31. The van der Waals surface area contributed by atoms with Crippen molar-refractivity contribution in [1.82, 2.24) is 24.2 Å². The third-order valence-electron chi connectivity index (χ3n) is 5.05. The summed E-state index contributed by atoms with van der Waals surface area (Å²) in [4.78, 5) is 0. The van der Waals surface area contributed by atoms with Gasteiger partial charge in [0.15, 0.2) is 10.8 Å². The molecule has 0 N–H and O–H groups in total. The first-order chi connectivity index (χ1) is 14.1. The maximum atomic E-state index is 6.08. The summed E-state index contributed by atoms with van der Waals surface area (Å²) in [5.74, 6) is 0.777. The molecule has 0 spiro atoms. The fraction of sp³-hybridized carbons (Fsp3) is 0.136. The van der Waals surface area contributed by atoms with Crippen molar-refractivity contribution in [3.05, 3.63) is 82.6 Å². The predicted octanol–water partition coefficient (Wildman–Crippen LogP) is 5.61. The Bertz CT molecular complexity index is 1350. The number of aromatic nitrogens is 5. The zero-order valence-electron chi connectivity index (χ0n) is 16.0. The number of hydrogen-bond acceptors (Lipinski definition) is 4. The maximum Gasteiger partial charge on any atom is 0.196 e. The molecule has 29 heavy (non-hydrogen) atoms. The van der Waals surface area contributed by atoms with Crippen LogP contribution in [0.2, 0.25) is 5.02 Å². The van der Waals surface area contributed by atoms with Gasteiger partial charge in [-0.1, -0.05) is 47.6 Å². The molecule has 5 nitrogen and oxygen atoms in total. The van der Waals surface area contributed by atoms with Crippen LogP contribution in [0.5, 0.6) is 0 Å². The summed E-state index contributed by atoms with van der Waals surface area (Å²) in [6, 6.07) is 16.4. The molecular formula is C22H18ClN5S. The van der Waals surface area contributed by atoms with Crippen molar-refractivity contribution in [2.24, 2.45) is 0 Å². The molecule has 0 atom stereocenters. The number of hydrogen-bond donors (Lipinski definition) is 0. The number of thioether (sulfide) groups is 1. The van der Waals surface area contributed by atoms with Gasteiger partial charge in [-0.3, -0.25) is 4.40 Å².